The van der Waals surface area contributed by atoms with Gasteiger partial charge in [0.2, 0.25) is 11.9 Å². The molecule has 3 rings (SSSR count). The van der Waals surface area contributed by atoms with Gasteiger partial charge in [-0.15, -0.1) is 0 Å². The van der Waals surface area contributed by atoms with E-state index in [0.717, 1.165) is 18.9 Å². The molecule has 0 aliphatic heterocycles. The van der Waals surface area contributed by atoms with E-state index in [0.29, 0.717) is 11.3 Å². The third-order valence-electron chi connectivity index (χ3n) is 4.99. The van der Waals surface area contributed by atoms with Gasteiger partial charge in [0, 0.05) is 37.0 Å². The molecule has 1 aromatic carbocycles. The summed E-state index contributed by atoms with van der Waals surface area (Å²) in [4.78, 5) is 45.2. The smallest absolute Gasteiger partial charge is 0.340 e. The maximum atomic E-state index is 13.6. The van der Waals surface area contributed by atoms with Gasteiger partial charge in [-0.25, -0.2) is 18.6 Å². The predicted octanol–water partition coefficient (Wildman–Crippen LogP) is 3.62. The molecule has 1 N–H and O–H groups in total. The molecule has 0 unspecified atom stereocenters. The molecule has 2 aromatic heterocycles. The van der Waals surface area contributed by atoms with Crippen molar-refractivity contribution in [1.82, 2.24) is 15.3 Å². The Morgan fingerprint density at radius 3 is 2.49 bits per heavy atom. The number of nitrogens with zero attached hydrogens (tertiary/aromatic N) is 3. The van der Waals surface area contributed by atoms with Crippen LogP contribution in [0.3, 0.4) is 0 Å². The summed E-state index contributed by atoms with van der Waals surface area (Å²) in [5, 5.41) is 2.57. The Kier molecular flexibility index (Phi) is 8.13. The van der Waals surface area contributed by atoms with Crippen molar-refractivity contribution in [2.24, 2.45) is 0 Å². The molecular formula is C24H21F3N4O4. The summed E-state index contributed by atoms with van der Waals surface area (Å²) in [5.41, 5.74) is 1.13. The van der Waals surface area contributed by atoms with Crippen molar-refractivity contribution in [2.75, 3.05) is 18.6 Å². The number of nitrogens with one attached hydrogen (secondary N) is 1. The summed E-state index contributed by atoms with van der Waals surface area (Å²) in [6, 6.07) is 10.3. The third kappa shape index (κ3) is 6.19. The maximum Gasteiger partial charge on any atom is 0.340 e. The van der Waals surface area contributed by atoms with E-state index in [2.05, 4.69) is 15.3 Å². The van der Waals surface area contributed by atoms with Crippen LogP contribution in [0.1, 0.15) is 33.2 Å². The van der Waals surface area contributed by atoms with Crippen LogP contribution in [0, 0.1) is 5.95 Å². The van der Waals surface area contributed by atoms with Crippen LogP contribution < -0.4 is 10.2 Å². The Balaban J connectivity index is 1.84. The Morgan fingerprint density at radius 1 is 1.11 bits per heavy atom. The van der Waals surface area contributed by atoms with Crippen LogP contribution in [-0.2, 0) is 16.1 Å². The number of benzene rings is 1. The summed E-state index contributed by atoms with van der Waals surface area (Å²) >= 11 is 0. The van der Waals surface area contributed by atoms with Crippen LogP contribution in [0.15, 0.2) is 54.9 Å². The molecule has 8 nitrogen and oxygen atoms in total. The normalized spacial score (nSPS) is 10.7. The maximum absolute atomic E-state index is 13.6. The molecule has 35 heavy (non-hydrogen) atoms. The van der Waals surface area contributed by atoms with Crippen molar-refractivity contribution in [1.29, 1.82) is 0 Å². The molecule has 0 saturated heterocycles. The van der Waals surface area contributed by atoms with E-state index in [4.69, 9.17) is 4.74 Å². The van der Waals surface area contributed by atoms with Gasteiger partial charge >= 0.3 is 5.97 Å². The Labute approximate surface area is 198 Å². The Hall–Kier alpha value is -4.28. The van der Waals surface area contributed by atoms with Gasteiger partial charge in [0.05, 0.1) is 36.2 Å². The zero-order valence-corrected chi connectivity index (χ0v) is 18.8. The number of methoxy groups -OCH3 is 1. The van der Waals surface area contributed by atoms with Crippen molar-refractivity contribution in [3.63, 3.8) is 0 Å². The first-order valence-corrected chi connectivity index (χ1v) is 10.3. The number of halogens is 3. The van der Waals surface area contributed by atoms with E-state index in [-0.39, 0.29) is 28.9 Å². The summed E-state index contributed by atoms with van der Waals surface area (Å²) in [7, 11) is 1.13. The lowest BCUT2D eigenvalue weighted by atomic mass is 10.0. The molecule has 2 amide bonds. The van der Waals surface area contributed by atoms with Crippen molar-refractivity contribution in [3.05, 3.63) is 77.5 Å². The third-order valence-corrected chi connectivity index (χ3v) is 4.99. The molecule has 182 valence electrons. The first-order chi connectivity index (χ1) is 16.7. The number of carbonyl (C=O) groups excluding carboxylic acids is 3. The first kappa shape index (κ1) is 25.3. The zero-order chi connectivity index (χ0) is 25.5. The molecule has 0 saturated carbocycles. The average Bonchev–Trinajstić information content (AvgIpc) is 2.85. The minimum atomic E-state index is -2.81. The zero-order valence-electron chi connectivity index (χ0n) is 18.8. The van der Waals surface area contributed by atoms with Gasteiger partial charge in [0.1, 0.15) is 0 Å². The highest BCUT2D eigenvalue weighted by Crippen LogP contribution is 2.28. The molecule has 0 radical (unpaired) electrons. The fourth-order valence-electron chi connectivity index (χ4n) is 3.27. The van der Waals surface area contributed by atoms with Crippen LogP contribution in [0.4, 0.5) is 18.9 Å². The molecule has 0 aliphatic rings. The second-order valence-corrected chi connectivity index (χ2v) is 7.31. The monoisotopic (exact) mass is 486 g/mol. The summed E-state index contributed by atoms with van der Waals surface area (Å²) in [6.45, 7) is 0.171. The number of alkyl halides is 2. The van der Waals surface area contributed by atoms with Crippen molar-refractivity contribution in [2.45, 2.75) is 19.9 Å². The van der Waals surface area contributed by atoms with Gasteiger partial charge in [-0.2, -0.15) is 4.39 Å². The van der Waals surface area contributed by atoms with Crippen molar-refractivity contribution < 1.29 is 32.3 Å². The van der Waals surface area contributed by atoms with E-state index in [1.807, 2.05) is 0 Å². The van der Waals surface area contributed by atoms with Gasteiger partial charge in [-0.3, -0.25) is 14.6 Å². The first-order valence-electron chi connectivity index (χ1n) is 10.3. The molecule has 0 fully saturated rings. The fourth-order valence-corrected chi connectivity index (χ4v) is 3.27. The van der Waals surface area contributed by atoms with Gasteiger partial charge in [0.25, 0.3) is 12.3 Å². The van der Waals surface area contributed by atoms with Crippen LogP contribution in [0.25, 0.3) is 11.3 Å². The average molecular weight is 486 g/mol. The van der Waals surface area contributed by atoms with Gasteiger partial charge in [-0.1, -0.05) is 12.1 Å². The topological polar surface area (TPSA) is 101 Å². The number of carbonyl (C=O) groups is 3. The molecule has 3 aromatic rings. The number of hydrogen-bond donors (Lipinski definition) is 1. The highest BCUT2D eigenvalue weighted by Gasteiger charge is 2.24. The quantitative estimate of drug-likeness (QED) is 0.386. The standard InChI is InChI=1S/C24H21F3N4O4/c1-14(32)31(13-21(25)26)20-8-6-15(10-18(20)24(34)35-2)19-7-5-17(12-29-19)23(33)30-11-16-4-3-9-28-22(16)27/h3-10,12,21H,11,13H2,1-2H3,(H,30,33). The number of ether oxygens (including phenoxy) is 1. The highest BCUT2D eigenvalue weighted by molar-refractivity contribution is 6.03. The number of aromatic nitrogens is 2. The Bertz CT molecular complexity index is 1240. The number of pyridine rings is 2. The minimum absolute atomic E-state index is 0.0213. The summed E-state index contributed by atoms with van der Waals surface area (Å²) in [6.07, 6.45) is -0.203. The van der Waals surface area contributed by atoms with Crippen LogP contribution >= 0.6 is 0 Å². The number of esters is 1. The minimum Gasteiger partial charge on any atom is -0.465 e. The molecule has 11 heteroatoms. The van der Waals surface area contributed by atoms with E-state index in [9.17, 15) is 27.6 Å². The van der Waals surface area contributed by atoms with Gasteiger partial charge in [-0.05, 0) is 30.3 Å². The second-order valence-electron chi connectivity index (χ2n) is 7.31. The lowest BCUT2D eigenvalue weighted by Crippen LogP contribution is -2.34. The molecule has 0 aliphatic carbocycles. The van der Waals surface area contributed by atoms with E-state index < -0.39 is 36.7 Å². The van der Waals surface area contributed by atoms with E-state index >= 15 is 0 Å². The van der Waals surface area contributed by atoms with Crippen LogP contribution in [0.2, 0.25) is 0 Å². The summed E-state index contributed by atoms with van der Waals surface area (Å²) in [5.74, 6) is -2.64. The lowest BCUT2D eigenvalue weighted by molar-refractivity contribution is -0.117. The lowest BCUT2D eigenvalue weighted by Gasteiger charge is -2.23. The molecule has 0 bridgehead atoms. The van der Waals surface area contributed by atoms with E-state index in [1.54, 1.807) is 6.07 Å². The van der Waals surface area contributed by atoms with Crippen LogP contribution in [0.5, 0.6) is 0 Å². The molecule has 0 atom stereocenters. The van der Waals surface area contributed by atoms with E-state index in [1.165, 1.54) is 48.8 Å². The predicted molar refractivity (Wildman–Crippen MR) is 120 cm³/mol. The fraction of sp³-hybridized carbons (Fsp3) is 0.208. The van der Waals surface area contributed by atoms with Crippen LogP contribution in [-0.4, -0.2) is 47.8 Å². The Morgan fingerprint density at radius 2 is 1.89 bits per heavy atom. The number of amides is 2. The van der Waals surface area contributed by atoms with Crippen molar-refractivity contribution >= 4 is 23.5 Å². The second kappa shape index (κ2) is 11.2. The molecular weight excluding hydrogens is 465 g/mol. The van der Waals surface area contributed by atoms with Crippen molar-refractivity contribution in [3.8, 4) is 11.3 Å². The summed E-state index contributed by atoms with van der Waals surface area (Å²) < 4.78 is 44.4. The molecule has 0 spiro atoms. The highest BCUT2D eigenvalue weighted by atomic mass is 19.3. The van der Waals surface area contributed by atoms with Gasteiger partial charge in [0.15, 0.2) is 0 Å². The number of hydrogen-bond acceptors (Lipinski definition) is 6. The SMILES string of the molecule is COC(=O)c1cc(-c2ccc(C(=O)NCc3cccnc3F)cn2)ccc1N(CC(F)F)C(C)=O. The number of rotatable bonds is 8. The number of anilines is 1. The van der Waals surface area contributed by atoms with Gasteiger partial charge < -0.3 is 15.0 Å². The largest absolute Gasteiger partial charge is 0.465 e. The molecule has 2 heterocycles.